The number of ether oxygens (including phenoxy) is 2. The highest BCUT2D eigenvalue weighted by molar-refractivity contribution is 7.22. The van der Waals surface area contributed by atoms with Gasteiger partial charge in [-0.1, -0.05) is 11.3 Å². The molecule has 0 saturated carbocycles. The van der Waals surface area contributed by atoms with Gasteiger partial charge in [-0.2, -0.15) is 0 Å². The first-order valence-corrected chi connectivity index (χ1v) is 6.61. The molecule has 0 unspecified atom stereocenters. The molecule has 0 fully saturated rings. The zero-order chi connectivity index (χ0) is 13.9. The third-order valence-electron chi connectivity index (χ3n) is 2.51. The van der Waals surface area contributed by atoms with Crippen molar-refractivity contribution in [2.75, 3.05) is 18.6 Å². The first-order chi connectivity index (χ1) is 9.72. The summed E-state index contributed by atoms with van der Waals surface area (Å²) in [6.45, 7) is 0.757. The number of benzene rings is 1. The maximum atomic E-state index is 13.1. The number of rotatable bonds is 3. The highest BCUT2D eigenvalue weighted by Crippen LogP contribution is 2.25. The molecule has 6 nitrogen and oxygen atoms in total. The zero-order valence-corrected chi connectivity index (χ0v) is 11.0. The highest BCUT2D eigenvalue weighted by atomic mass is 32.1. The minimum atomic E-state index is -0.463. The van der Waals surface area contributed by atoms with Gasteiger partial charge in [0.2, 0.25) is 10.9 Å². The summed E-state index contributed by atoms with van der Waals surface area (Å²) in [5, 5.41) is 0.455. The van der Waals surface area contributed by atoms with E-state index < -0.39 is 5.91 Å². The van der Waals surface area contributed by atoms with Crippen LogP contribution in [0.5, 0.6) is 0 Å². The molecule has 1 aromatic heterocycles. The first kappa shape index (κ1) is 12.7. The Balaban J connectivity index is 1.67. The van der Waals surface area contributed by atoms with E-state index in [1.807, 2.05) is 0 Å². The molecule has 0 bridgehead atoms. The Kier molecular flexibility index (Phi) is 3.38. The van der Waals surface area contributed by atoms with Crippen molar-refractivity contribution in [3.05, 3.63) is 36.0 Å². The Morgan fingerprint density at radius 1 is 1.40 bits per heavy atom. The fraction of sp³-hybridized carbons (Fsp3) is 0.167. The van der Waals surface area contributed by atoms with E-state index in [0.29, 0.717) is 28.6 Å². The van der Waals surface area contributed by atoms with E-state index in [-0.39, 0.29) is 11.6 Å². The molecule has 0 saturated heterocycles. The summed E-state index contributed by atoms with van der Waals surface area (Å²) >= 11 is 1.23. The molecule has 20 heavy (non-hydrogen) atoms. The molecule has 1 amide bonds. The molecule has 1 aliphatic rings. The van der Waals surface area contributed by atoms with E-state index in [1.165, 1.54) is 29.7 Å². The summed E-state index contributed by atoms with van der Waals surface area (Å²) in [5.74, 6) is -0.694. The van der Waals surface area contributed by atoms with Crippen LogP contribution in [0.2, 0.25) is 0 Å². The molecular weight excluding hydrogens is 285 g/mol. The van der Waals surface area contributed by atoms with Gasteiger partial charge in [0.1, 0.15) is 25.3 Å². The number of hydrazine groups is 1. The number of nitrogens with zero attached hydrogens (tertiary/aromatic N) is 1. The van der Waals surface area contributed by atoms with Gasteiger partial charge in [0.15, 0.2) is 0 Å². The van der Waals surface area contributed by atoms with Crippen molar-refractivity contribution in [3.63, 3.8) is 0 Å². The number of aromatic nitrogens is 1. The Labute approximate surface area is 117 Å². The van der Waals surface area contributed by atoms with Crippen LogP contribution in [0.15, 0.2) is 30.2 Å². The average Bonchev–Trinajstić information content (AvgIpc) is 2.87. The number of nitrogens with one attached hydrogen (secondary N) is 2. The smallest absolute Gasteiger partial charge is 0.307 e. The summed E-state index contributed by atoms with van der Waals surface area (Å²) in [5.41, 5.74) is 5.75. The summed E-state index contributed by atoms with van der Waals surface area (Å²) < 4.78 is 23.9. The van der Waals surface area contributed by atoms with Crippen LogP contribution in [0.3, 0.4) is 0 Å². The van der Waals surface area contributed by atoms with Gasteiger partial charge in [0, 0.05) is 0 Å². The Morgan fingerprint density at radius 3 is 3.10 bits per heavy atom. The fourth-order valence-corrected chi connectivity index (χ4v) is 2.46. The number of carbonyl (C=O) groups is 1. The van der Waals surface area contributed by atoms with Crippen molar-refractivity contribution in [1.82, 2.24) is 10.4 Å². The normalized spacial score (nSPS) is 14.2. The van der Waals surface area contributed by atoms with Crippen molar-refractivity contribution in [3.8, 4) is 0 Å². The minimum Gasteiger partial charge on any atom is -0.494 e. The second-order valence-corrected chi connectivity index (χ2v) is 4.94. The summed E-state index contributed by atoms with van der Waals surface area (Å²) in [7, 11) is 0. The van der Waals surface area contributed by atoms with Crippen LogP contribution in [0.25, 0.3) is 10.2 Å². The maximum Gasteiger partial charge on any atom is 0.307 e. The molecule has 8 heteroatoms. The average molecular weight is 295 g/mol. The van der Waals surface area contributed by atoms with Crippen molar-refractivity contribution in [1.29, 1.82) is 0 Å². The number of hydrogen-bond donors (Lipinski definition) is 2. The molecule has 2 aromatic rings. The summed E-state index contributed by atoms with van der Waals surface area (Å²) in [6.07, 6.45) is 1.26. The lowest BCUT2D eigenvalue weighted by molar-refractivity contribution is -0.121. The molecule has 2 N–H and O–H groups in total. The van der Waals surface area contributed by atoms with Gasteiger partial charge in [-0.25, -0.2) is 9.37 Å². The molecule has 0 atom stereocenters. The molecule has 0 spiro atoms. The van der Waals surface area contributed by atoms with E-state index >= 15 is 0 Å². The lowest BCUT2D eigenvalue weighted by atomic mass is 10.3. The van der Waals surface area contributed by atoms with E-state index in [1.54, 1.807) is 6.07 Å². The minimum absolute atomic E-state index is 0.0934. The number of anilines is 1. The predicted octanol–water partition coefficient (Wildman–Crippen LogP) is 1.77. The summed E-state index contributed by atoms with van der Waals surface area (Å²) in [6, 6.07) is 4.30. The Hall–Kier alpha value is -2.35. The van der Waals surface area contributed by atoms with Crippen LogP contribution in [-0.4, -0.2) is 24.1 Å². The monoisotopic (exact) mass is 295 g/mol. The lowest BCUT2D eigenvalue weighted by Gasteiger charge is -2.14. The van der Waals surface area contributed by atoms with Gasteiger partial charge in [-0.05, 0) is 18.2 Å². The van der Waals surface area contributed by atoms with Crippen molar-refractivity contribution in [2.24, 2.45) is 0 Å². The van der Waals surface area contributed by atoms with Gasteiger partial charge in [-0.3, -0.25) is 15.6 Å². The van der Waals surface area contributed by atoms with Gasteiger partial charge in [0.25, 0.3) is 0 Å². The molecule has 0 radical (unpaired) electrons. The van der Waals surface area contributed by atoms with Crippen LogP contribution in [-0.2, 0) is 14.3 Å². The molecule has 1 aliphatic heterocycles. The fourth-order valence-electron chi connectivity index (χ4n) is 1.61. The van der Waals surface area contributed by atoms with Gasteiger partial charge in [-0.15, -0.1) is 0 Å². The van der Waals surface area contributed by atoms with Gasteiger partial charge < -0.3 is 9.47 Å². The molecule has 2 heterocycles. The summed E-state index contributed by atoms with van der Waals surface area (Å²) in [4.78, 5) is 15.9. The van der Waals surface area contributed by atoms with E-state index in [0.717, 1.165) is 0 Å². The van der Waals surface area contributed by atoms with Crippen LogP contribution in [0.4, 0.5) is 9.52 Å². The first-order valence-electron chi connectivity index (χ1n) is 5.79. The van der Waals surface area contributed by atoms with Crippen LogP contribution in [0, 0.1) is 5.82 Å². The number of halogens is 1. The van der Waals surface area contributed by atoms with Crippen LogP contribution in [0.1, 0.15) is 0 Å². The predicted molar refractivity (Wildman–Crippen MR) is 71.3 cm³/mol. The van der Waals surface area contributed by atoms with Crippen LogP contribution >= 0.6 is 11.3 Å². The quantitative estimate of drug-likeness (QED) is 0.844. The standard InChI is InChI=1S/C12H10FN3O3S/c13-7-1-2-8-10(5-7)20-12(14-8)16-15-11(17)9-6-18-3-4-19-9/h1-2,5-6H,3-4H2,(H,14,16)(H,15,17). The van der Waals surface area contributed by atoms with E-state index in [9.17, 15) is 9.18 Å². The lowest BCUT2D eigenvalue weighted by Crippen LogP contribution is -2.32. The number of carbonyl (C=O) groups excluding carboxylic acids is 1. The SMILES string of the molecule is O=C(NNc1nc2ccc(F)cc2s1)C1=COCCO1. The molecular formula is C12H10FN3O3S. The van der Waals surface area contributed by atoms with E-state index in [4.69, 9.17) is 9.47 Å². The van der Waals surface area contributed by atoms with Crippen molar-refractivity contribution >= 4 is 32.6 Å². The number of fused-ring (bicyclic) bond motifs is 1. The maximum absolute atomic E-state index is 13.1. The third kappa shape index (κ3) is 2.64. The molecule has 3 rings (SSSR count). The highest BCUT2D eigenvalue weighted by Gasteiger charge is 2.15. The zero-order valence-electron chi connectivity index (χ0n) is 10.2. The Bertz CT molecular complexity index is 686. The molecule has 104 valence electrons. The largest absolute Gasteiger partial charge is 0.494 e. The topological polar surface area (TPSA) is 72.5 Å². The van der Waals surface area contributed by atoms with Crippen molar-refractivity contribution < 1.29 is 18.7 Å². The van der Waals surface area contributed by atoms with Crippen LogP contribution < -0.4 is 10.9 Å². The molecule has 0 aliphatic carbocycles. The number of thiazole rings is 1. The third-order valence-corrected chi connectivity index (χ3v) is 3.44. The van der Waals surface area contributed by atoms with E-state index in [2.05, 4.69) is 15.8 Å². The molecule has 1 aromatic carbocycles. The Morgan fingerprint density at radius 2 is 2.30 bits per heavy atom. The van der Waals surface area contributed by atoms with Crippen molar-refractivity contribution in [2.45, 2.75) is 0 Å². The van der Waals surface area contributed by atoms with Gasteiger partial charge in [0.05, 0.1) is 10.2 Å². The number of amides is 1. The second kappa shape index (κ2) is 5.33. The second-order valence-electron chi connectivity index (χ2n) is 3.91. The number of hydrogen-bond acceptors (Lipinski definition) is 6. The van der Waals surface area contributed by atoms with Gasteiger partial charge >= 0.3 is 5.91 Å².